The number of primary sulfonamides is 1. The summed E-state index contributed by atoms with van der Waals surface area (Å²) in [5.41, 5.74) is 0.413. The van der Waals surface area contributed by atoms with Gasteiger partial charge >= 0.3 is 0 Å². The first kappa shape index (κ1) is 17.9. The first-order chi connectivity index (χ1) is 10.9. The Hall–Kier alpha value is -1.48. The molecule has 1 aromatic rings. The summed E-state index contributed by atoms with van der Waals surface area (Å²) in [6.45, 7) is 6.92. The molecule has 1 amide bonds. The van der Waals surface area contributed by atoms with E-state index in [0.29, 0.717) is 18.0 Å². The third-order valence-electron chi connectivity index (χ3n) is 3.73. The number of carbonyl (C=O) groups excluding carboxylic acids is 1. The van der Waals surface area contributed by atoms with Crippen LogP contribution in [-0.2, 0) is 14.8 Å². The molecular formula is C15H23N3O4S. The van der Waals surface area contributed by atoms with Crippen LogP contribution >= 0.6 is 0 Å². The Morgan fingerprint density at radius 1 is 1.30 bits per heavy atom. The van der Waals surface area contributed by atoms with Crippen LogP contribution in [0.25, 0.3) is 0 Å². The highest BCUT2D eigenvalue weighted by Crippen LogP contribution is 2.09. The summed E-state index contributed by atoms with van der Waals surface area (Å²) in [5, 5.41) is 7.90. The van der Waals surface area contributed by atoms with Gasteiger partial charge in [0.25, 0.3) is 5.91 Å². The summed E-state index contributed by atoms with van der Waals surface area (Å²) in [6, 6.07) is 5.59. The number of nitrogens with one attached hydrogen (secondary N) is 1. The molecule has 1 aromatic carbocycles. The van der Waals surface area contributed by atoms with E-state index in [2.05, 4.69) is 17.1 Å². The Bertz CT molecular complexity index is 625. The molecule has 1 fully saturated rings. The molecule has 0 aromatic heterocycles. The average molecular weight is 341 g/mol. The molecule has 1 heterocycles. The maximum atomic E-state index is 12.1. The molecule has 23 heavy (non-hydrogen) atoms. The smallest absolute Gasteiger partial charge is 0.251 e. The number of amides is 1. The Kier molecular flexibility index (Phi) is 6.11. The van der Waals surface area contributed by atoms with Crippen LogP contribution in [-0.4, -0.2) is 58.6 Å². The lowest BCUT2D eigenvalue weighted by atomic mass is 10.1. The second kappa shape index (κ2) is 7.87. The van der Waals surface area contributed by atoms with Gasteiger partial charge < -0.3 is 10.1 Å². The fourth-order valence-corrected chi connectivity index (χ4v) is 2.97. The number of carbonyl (C=O) groups is 1. The van der Waals surface area contributed by atoms with Gasteiger partial charge in [-0.3, -0.25) is 9.69 Å². The fourth-order valence-electron chi connectivity index (χ4n) is 2.45. The van der Waals surface area contributed by atoms with E-state index in [9.17, 15) is 13.2 Å². The van der Waals surface area contributed by atoms with Crippen molar-refractivity contribution in [1.82, 2.24) is 10.2 Å². The number of benzene rings is 1. The molecule has 2 rings (SSSR count). The summed E-state index contributed by atoms with van der Waals surface area (Å²) >= 11 is 0. The van der Waals surface area contributed by atoms with Crippen LogP contribution in [0.3, 0.4) is 0 Å². The molecule has 1 atom stereocenters. The molecule has 128 valence electrons. The summed E-state index contributed by atoms with van der Waals surface area (Å²) < 4.78 is 27.7. The molecule has 7 nitrogen and oxygen atoms in total. The standard InChI is InChI=1S/C15H23N3O4S/c1-12(11-18-6-8-22-9-7-18)10-17-15(19)13-2-4-14(5-3-13)23(16,20)21/h2-5,12H,6-11H2,1H3,(H,17,19)(H2,16,20,21). The van der Waals surface area contributed by atoms with E-state index in [4.69, 9.17) is 9.88 Å². The minimum Gasteiger partial charge on any atom is -0.379 e. The number of rotatable bonds is 6. The van der Waals surface area contributed by atoms with E-state index in [1.165, 1.54) is 24.3 Å². The van der Waals surface area contributed by atoms with Gasteiger partial charge in [0.2, 0.25) is 10.0 Å². The Balaban J connectivity index is 1.82. The summed E-state index contributed by atoms with van der Waals surface area (Å²) in [6.07, 6.45) is 0. The maximum Gasteiger partial charge on any atom is 0.251 e. The SMILES string of the molecule is CC(CNC(=O)c1ccc(S(N)(=O)=O)cc1)CN1CCOCC1. The number of hydrogen-bond donors (Lipinski definition) is 2. The first-order valence-electron chi connectivity index (χ1n) is 7.57. The van der Waals surface area contributed by atoms with Crippen molar-refractivity contribution in [3.63, 3.8) is 0 Å². The van der Waals surface area contributed by atoms with Gasteiger partial charge in [-0.05, 0) is 30.2 Å². The van der Waals surface area contributed by atoms with Crippen molar-refractivity contribution in [3.05, 3.63) is 29.8 Å². The molecule has 0 bridgehead atoms. The summed E-state index contributed by atoms with van der Waals surface area (Å²) in [4.78, 5) is 14.4. The largest absolute Gasteiger partial charge is 0.379 e. The number of nitrogens with zero attached hydrogens (tertiary/aromatic N) is 1. The normalized spacial score (nSPS) is 17.7. The van der Waals surface area contributed by atoms with E-state index < -0.39 is 10.0 Å². The van der Waals surface area contributed by atoms with Crippen LogP contribution in [0.4, 0.5) is 0 Å². The number of ether oxygens (including phenoxy) is 1. The van der Waals surface area contributed by atoms with E-state index in [1.807, 2.05) is 0 Å². The molecule has 8 heteroatoms. The molecule has 1 aliphatic rings. The highest BCUT2D eigenvalue weighted by molar-refractivity contribution is 7.89. The number of nitrogens with two attached hydrogens (primary N) is 1. The highest BCUT2D eigenvalue weighted by Gasteiger charge is 2.15. The van der Waals surface area contributed by atoms with Gasteiger partial charge in [-0.25, -0.2) is 13.6 Å². The quantitative estimate of drug-likeness (QED) is 0.760. The van der Waals surface area contributed by atoms with E-state index >= 15 is 0 Å². The second-order valence-electron chi connectivity index (χ2n) is 5.80. The van der Waals surface area contributed by atoms with Gasteiger partial charge in [-0.15, -0.1) is 0 Å². The lowest BCUT2D eigenvalue weighted by molar-refractivity contribution is 0.0317. The molecule has 1 aliphatic heterocycles. The lowest BCUT2D eigenvalue weighted by Crippen LogP contribution is -2.41. The van der Waals surface area contributed by atoms with Crippen molar-refractivity contribution >= 4 is 15.9 Å². The van der Waals surface area contributed by atoms with Crippen LogP contribution in [0, 0.1) is 5.92 Å². The van der Waals surface area contributed by atoms with Gasteiger partial charge in [0.15, 0.2) is 0 Å². The van der Waals surface area contributed by atoms with Gasteiger partial charge in [-0.1, -0.05) is 6.92 Å². The molecular weight excluding hydrogens is 318 g/mol. The Morgan fingerprint density at radius 2 is 1.91 bits per heavy atom. The van der Waals surface area contributed by atoms with Crippen molar-refractivity contribution in [1.29, 1.82) is 0 Å². The van der Waals surface area contributed by atoms with Crippen LogP contribution in [0.15, 0.2) is 29.2 Å². The second-order valence-corrected chi connectivity index (χ2v) is 7.36. The minimum absolute atomic E-state index is 0.00487. The molecule has 0 aliphatic carbocycles. The van der Waals surface area contributed by atoms with Crippen LogP contribution in [0.2, 0.25) is 0 Å². The zero-order chi connectivity index (χ0) is 16.9. The Morgan fingerprint density at radius 3 is 2.48 bits per heavy atom. The highest BCUT2D eigenvalue weighted by atomic mass is 32.2. The zero-order valence-electron chi connectivity index (χ0n) is 13.2. The van der Waals surface area contributed by atoms with Gasteiger partial charge in [0, 0.05) is 31.7 Å². The van der Waals surface area contributed by atoms with Gasteiger partial charge in [-0.2, -0.15) is 0 Å². The number of hydrogen-bond acceptors (Lipinski definition) is 5. The van der Waals surface area contributed by atoms with Gasteiger partial charge in [0.05, 0.1) is 18.1 Å². The molecule has 1 unspecified atom stereocenters. The van der Waals surface area contributed by atoms with Crippen molar-refractivity contribution in [2.24, 2.45) is 11.1 Å². The van der Waals surface area contributed by atoms with Crippen LogP contribution < -0.4 is 10.5 Å². The fraction of sp³-hybridized carbons (Fsp3) is 0.533. The molecule has 3 N–H and O–H groups in total. The number of morpholine rings is 1. The van der Waals surface area contributed by atoms with Crippen LogP contribution in [0.1, 0.15) is 17.3 Å². The maximum absolute atomic E-state index is 12.1. The number of sulfonamides is 1. The van der Waals surface area contributed by atoms with Crippen molar-refractivity contribution in [2.75, 3.05) is 39.4 Å². The average Bonchev–Trinajstić information content (AvgIpc) is 2.53. The van der Waals surface area contributed by atoms with Crippen molar-refractivity contribution in [3.8, 4) is 0 Å². The topological polar surface area (TPSA) is 102 Å². The summed E-state index contributed by atoms with van der Waals surface area (Å²) in [5.74, 6) is 0.0977. The molecule has 0 spiro atoms. The van der Waals surface area contributed by atoms with E-state index in [0.717, 1.165) is 32.8 Å². The monoisotopic (exact) mass is 341 g/mol. The zero-order valence-corrected chi connectivity index (χ0v) is 14.0. The predicted molar refractivity (Wildman–Crippen MR) is 86.6 cm³/mol. The minimum atomic E-state index is -3.73. The van der Waals surface area contributed by atoms with E-state index in [1.54, 1.807) is 0 Å². The first-order valence-corrected chi connectivity index (χ1v) is 9.12. The summed E-state index contributed by atoms with van der Waals surface area (Å²) in [7, 11) is -3.73. The lowest BCUT2D eigenvalue weighted by Gasteiger charge is -2.29. The van der Waals surface area contributed by atoms with Gasteiger partial charge in [0.1, 0.15) is 0 Å². The van der Waals surface area contributed by atoms with E-state index in [-0.39, 0.29) is 10.8 Å². The third-order valence-corrected chi connectivity index (χ3v) is 4.66. The third kappa shape index (κ3) is 5.58. The molecule has 0 saturated carbocycles. The predicted octanol–water partition coefficient (Wildman–Crippen LogP) is 0.0321. The Labute approximate surface area is 136 Å². The van der Waals surface area contributed by atoms with Crippen molar-refractivity contribution in [2.45, 2.75) is 11.8 Å². The van der Waals surface area contributed by atoms with Crippen LogP contribution in [0.5, 0.6) is 0 Å². The molecule has 1 saturated heterocycles. The van der Waals surface area contributed by atoms with Crippen molar-refractivity contribution < 1.29 is 17.9 Å². The molecule has 0 radical (unpaired) electrons.